The van der Waals surface area contributed by atoms with Gasteiger partial charge in [0.15, 0.2) is 0 Å². The molecule has 4 rings (SSSR count). The van der Waals surface area contributed by atoms with Crippen molar-refractivity contribution in [1.29, 1.82) is 0 Å². The topological polar surface area (TPSA) is 57.4 Å². The van der Waals surface area contributed by atoms with Crippen LogP contribution >= 0.6 is 0 Å². The van der Waals surface area contributed by atoms with E-state index < -0.39 is 0 Å². The van der Waals surface area contributed by atoms with Gasteiger partial charge in [-0.3, -0.25) is 0 Å². The summed E-state index contributed by atoms with van der Waals surface area (Å²) in [4.78, 5) is 4.66. The summed E-state index contributed by atoms with van der Waals surface area (Å²) in [6.45, 7) is 1.72. The van der Waals surface area contributed by atoms with E-state index in [1.807, 2.05) is 36.4 Å². The molecule has 4 heteroatoms. The minimum Gasteiger partial charge on any atom is -0.493 e. The number of allylic oxidation sites excluding steroid dienone is 4. The van der Waals surface area contributed by atoms with Gasteiger partial charge in [0.1, 0.15) is 13.2 Å². The zero-order valence-corrected chi connectivity index (χ0v) is 16.5. The fourth-order valence-corrected chi connectivity index (χ4v) is 3.41. The van der Waals surface area contributed by atoms with Crippen LogP contribution in [0.25, 0.3) is 10.9 Å². The number of pyridine rings is 1. The van der Waals surface area contributed by atoms with Gasteiger partial charge in [0, 0.05) is 18.2 Å². The van der Waals surface area contributed by atoms with Gasteiger partial charge in [-0.2, -0.15) is 0 Å². The first-order valence-electron chi connectivity index (χ1n) is 10.1. The second kappa shape index (κ2) is 9.39. The summed E-state index contributed by atoms with van der Waals surface area (Å²) in [6.07, 6.45) is 6.60. The first kappa shape index (κ1) is 19.2. The summed E-state index contributed by atoms with van der Waals surface area (Å²) in [7, 11) is 0. The molecule has 0 fully saturated rings. The number of hydrogen-bond acceptors (Lipinski definition) is 4. The molecular weight excluding hydrogens is 360 g/mol. The van der Waals surface area contributed by atoms with Crippen molar-refractivity contribution >= 4 is 10.9 Å². The normalized spacial score (nSPS) is 13.7. The Kier molecular flexibility index (Phi) is 6.22. The van der Waals surface area contributed by atoms with Crippen LogP contribution in [0.2, 0.25) is 0 Å². The van der Waals surface area contributed by atoms with Crippen LogP contribution in [-0.4, -0.2) is 11.5 Å². The standard InChI is InChI=1S/C25H26N2O2/c26-15-14-19-4-3-5-20(16-19)17-28-23-10-12-24(13-11-23)29-18-22-9-8-21-6-1-2-7-25(21)27-22/h1-10,12,16H,11,13-15,17-18,26H2. The van der Waals surface area contributed by atoms with E-state index in [2.05, 4.69) is 41.4 Å². The Labute approximate surface area is 171 Å². The van der Waals surface area contributed by atoms with E-state index in [1.165, 1.54) is 11.1 Å². The third-order valence-electron chi connectivity index (χ3n) is 4.98. The maximum Gasteiger partial charge on any atom is 0.130 e. The quantitative estimate of drug-likeness (QED) is 0.590. The molecule has 0 bridgehead atoms. The highest BCUT2D eigenvalue weighted by Crippen LogP contribution is 2.22. The maximum absolute atomic E-state index is 5.98. The first-order chi connectivity index (χ1) is 14.3. The molecule has 2 N–H and O–H groups in total. The van der Waals surface area contributed by atoms with E-state index in [9.17, 15) is 0 Å². The molecule has 1 aliphatic carbocycles. The van der Waals surface area contributed by atoms with E-state index in [4.69, 9.17) is 15.2 Å². The Hall–Kier alpha value is -3.11. The minimum absolute atomic E-state index is 0.481. The summed E-state index contributed by atoms with van der Waals surface area (Å²) >= 11 is 0. The molecular formula is C25H26N2O2. The lowest BCUT2D eigenvalue weighted by molar-refractivity contribution is 0.161. The average Bonchev–Trinajstić information content (AvgIpc) is 2.77. The van der Waals surface area contributed by atoms with Gasteiger partial charge in [-0.25, -0.2) is 4.98 Å². The summed E-state index contributed by atoms with van der Waals surface area (Å²) in [6, 6.07) is 20.6. The van der Waals surface area contributed by atoms with E-state index in [-0.39, 0.29) is 0 Å². The fraction of sp³-hybridized carbons (Fsp3) is 0.240. The molecule has 4 nitrogen and oxygen atoms in total. The van der Waals surface area contributed by atoms with Crippen LogP contribution < -0.4 is 5.73 Å². The average molecular weight is 386 g/mol. The first-order valence-corrected chi connectivity index (χ1v) is 10.1. The molecule has 0 aliphatic heterocycles. The third kappa shape index (κ3) is 5.24. The van der Waals surface area contributed by atoms with Gasteiger partial charge in [0.2, 0.25) is 0 Å². The number of nitrogens with two attached hydrogens (primary N) is 1. The molecule has 0 saturated heterocycles. The maximum atomic E-state index is 5.98. The lowest BCUT2D eigenvalue weighted by Crippen LogP contribution is -2.04. The van der Waals surface area contributed by atoms with Crippen molar-refractivity contribution in [3.8, 4) is 0 Å². The van der Waals surface area contributed by atoms with Gasteiger partial charge in [-0.05, 0) is 48.4 Å². The molecule has 2 aromatic carbocycles. The van der Waals surface area contributed by atoms with Crippen molar-refractivity contribution < 1.29 is 9.47 Å². The van der Waals surface area contributed by atoms with Crippen LogP contribution in [0.1, 0.15) is 29.7 Å². The highest BCUT2D eigenvalue weighted by molar-refractivity contribution is 5.78. The van der Waals surface area contributed by atoms with Crippen LogP contribution in [0.4, 0.5) is 0 Å². The Balaban J connectivity index is 1.30. The number of fused-ring (bicyclic) bond motifs is 1. The number of nitrogens with zero attached hydrogens (tertiary/aromatic N) is 1. The zero-order valence-electron chi connectivity index (χ0n) is 16.5. The fourth-order valence-electron chi connectivity index (χ4n) is 3.41. The molecule has 1 heterocycles. The molecule has 148 valence electrons. The second-order valence-corrected chi connectivity index (χ2v) is 7.20. The van der Waals surface area contributed by atoms with Crippen LogP contribution in [0.3, 0.4) is 0 Å². The van der Waals surface area contributed by atoms with Crippen molar-refractivity contribution in [3.05, 3.63) is 101 Å². The monoisotopic (exact) mass is 386 g/mol. The number of benzene rings is 2. The van der Waals surface area contributed by atoms with Gasteiger partial charge < -0.3 is 15.2 Å². The summed E-state index contributed by atoms with van der Waals surface area (Å²) in [5.41, 5.74) is 10.00. The van der Waals surface area contributed by atoms with Crippen molar-refractivity contribution in [3.63, 3.8) is 0 Å². The molecule has 0 unspecified atom stereocenters. The molecule has 0 saturated carbocycles. The zero-order chi connectivity index (χ0) is 19.9. The predicted molar refractivity (Wildman–Crippen MR) is 116 cm³/mol. The van der Waals surface area contributed by atoms with Gasteiger partial charge >= 0.3 is 0 Å². The summed E-state index contributed by atoms with van der Waals surface area (Å²) in [5.74, 6) is 1.96. The lowest BCUT2D eigenvalue weighted by atomic mass is 10.1. The largest absolute Gasteiger partial charge is 0.493 e. The van der Waals surface area contributed by atoms with Gasteiger partial charge in [-0.1, -0.05) is 48.5 Å². The van der Waals surface area contributed by atoms with Gasteiger partial charge in [0.25, 0.3) is 0 Å². The molecule has 0 amide bonds. The Morgan fingerprint density at radius 2 is 1.55 bits per heavy atom. The Morgan fingerprint density at radius 3 is 2.34 bits per heavy atom. The SMILES string of the molecule is NCCc1cccc(COC2=CC=C(OCc3ccc4ccccc4n3)CC2)c1. The van der Waals surface area contributed by atoms with Gasteiger partial charge in [-0.15, -0.1) is 0 Å². The number of aromatic nitrogens is 1. The molecule has 29 heavy (non-hydrogen) atoms. The third-order valence-corrected chi connectivity index (χ3v) is 4.98. The Morgan fingerprint density at radius 1 is 0.793 bits per heavy atom. The molecule has 3 aromatic rings. The van der Waals surface area contributed by atoms with Crippen LogP contribution in [0, 0.1) is 0 Å². The van der Waals surface area contributed by atoms with E-state index in [0.29, 0.717) is 19.8 Å². The number of para-hydroxylation sites is 1. The molecule has 1 aromatic heterocycles. The lowest BCUT2D eigenvalue weighted by Gasteiger charge is -2.17. The second-order valence-electron chi connectivity index (χ2n) is 7.20. The predicted octanol–water partition coefficient (Wildman–Crippen LogP) is 5.03. The number of ether oxygens (including phenoxy) is 2. The number of hydrogen-bond donors (Lipinski definition) is 1. The van der Waals surface area contributed by atoms with Crippen molar-refractivity contribution in [2.45, 2.75) is 32.5 Å². The molecule has 1 aliphatic rings. The van der Waals surface area contributed by atoms with Crippen molar-refractivity contribution in [2.75, 3.05) is 6.54 Å². The van der Waals surface area contributed by atoms with Crippen molar-refractivity contribution in [2.24, 2.45) is 5.73 Å². The highest BCUT2D eigenvalue weighted by atomic mass is 16.5. The molecule has 0 spiro atoms. The summed E-state index contributed by atoms with van der Waals surface area (Å²) in [5, 5.41) is 1.14. The van der Waals surface area contributed by atoms with Gasteiger partial charge in [0.05, 0.1) is 22.7 Å². The van der Waals surface area contributed by atoms with E-state index in [0.717, 1.165) is 47.4 Å². The molecule has 0 radical (unpaired) electrons. The minimum atomic E-state index is 0.481. The Bertz CT molecular complexity index is 1040. The smallest absolute Gasteiger partial charge is 0.130 e. The van der Waals surface area contributed by atoms with Crippen LogP contribution in [0.15, 0.2) is 84.3 Å². The van der Waals surface area contributed by atoms with E-state index >= 15 is 0 Å². The van der Waals surface area contributed by atoms with Crippen LogP contribution in [0.5, 0.6) is 0 Å². The van der Waals surface area contributed by atoms with E-state index in [1.54, 1.807) is 0 Å². The van der Waals surface area contributed by atoms with Crippen molar-refractivity contribution in [1.82, 2.24) is 4.98 Å². The summed E-state index contributed by atoms with van der Waals surface area (Å²) < 4.78 is 11.9. The van der Waals surface area contributed by atoms with Crippen LogP contribution in [-0.2, 0) is 29.1 Å². The number of rotatable bonds is 8. The molecule has 0 atom stereocenters. The highest BCUT2D eigenvalue weighted by Gasteiger charge is 2.10.